The molecule has 1 aromatic carbocycles. The van der Waals surface area contributed by atoms with Gasteiger partial charge >= 0.3 is 0 Å². The standard InChI is InChI=1S/C16H26N2O.2ClH/c1-15(16-6-3-2-4-7-16)14-17-8-5-9-18-10-12-19-13-11-18;;/h2-4,6-7,15,17H,5,8-14H2,1H3;2*1H. The van der Waals surface area contributed by atoms with E-state index in [0.29, 0.717) is 5.92 Å². The van der Waals surface area contributed by atoms with Gasteiger partial charge in [0.2, 0.25) is 0 Å². The maximum atomic E-state index is 5.35. The summed E-state index contributed by atoms with van der Waals surface area (Å²) in [5.41, 5.74) is 1.42. The number of benzene rings is 1. The zero-order chi connectivity index (χ0) is 13.3. The minimum atomic E-state index is 0. The molecule has 0 radical (unpaired) electrons. The summed E-state index contributed by atoms with van der Waals surface area (Å²) < 4.78 is 5.35. The molecule has 21 heavy (non-hydrogen) atoms. The molecule has 0 saturated carbocycles. The van der Waals surface area contributed by atoms with Crippen molar-refractivity contribution in [2.24, 2.45) is 0 Å². The molecule has 1 aliphatic rings. The minimum Gasteiger partial charge on any atom is -0.379 e. The summed E-state index contributed by atoms with van der Waals surface area (Å²) in [4.78, 5) is 2.49. The third kappa shape index (κ3) is 8.03. The monoisotopic (exact) mass is 334 g/mol. The Labute approximate surface area is 141 Å². The summed E-state index contributed by atoms with van der Waals surface area (Å²) in [6.07, 6.45) is 1.22. The summed E-state index contributed by atoms with van der Waals surface area (Å²) in [6.45, 7) is 9.64. The van der Waals surface area contributed by atoms with Crippen LogP contribution in [0.1, 0.15) is 24.8 Å². The molecule has 0 bridgehead atoms. The molecule has 0 aromatic heterocycles. The Morgan fingerprint density at radius 3 is 2.48 bits per heavy atom. The Bertz CT molecular complexity index is 345. The number of nitrogens with one attached hydrogen (secondary N) is 1. The van der Waals surface area contributed by atoms with Crippen LogP contribution in [0, 0.1) is 0 Å². The molecule has 1 saturated heterocycles. The SMILES string of the molecule is CC(CNCCCN1CCOCC1)c1ccccc1.Cl.Cl. The summed E-state index contributed by atoms with van der Waals surface area (Å²) >= 11 is 0. The van der Waals surface area contributed by atoms with Crippen LogP contribution in [-0.4, -0.2) is 50.8 Å². The van der Waals surface area contributed by atoms with Crippen molar-refractivity contribution in [1.29, 1.82) is 0 Å². The first-order chi connectivity index (χ1) is 9.36. The highest BCUT2D eigenvalue weighted by Crippen LogP contribution is 2.12. The van der Waals surface area contributed by atoms with E-state index >= 15 is 0 Å². The highest BCUT2D eigenvalue weighted by atomic mass is 35.5. The lowest BCUT2D eigenvalue weighted by Gasteiger charge is -2.26. The van der Waals surface area contributed by atoms with Crippen LogP contribution in [0.5, 0.6) is 0 Å². The van der Waals surface area contributed by atoms with E-state index in [1.807, 2.05) is 0 Å². The third-order valence-electron chi connectivity index (χ3n) is 3.75. The molecule has 1 aromatic rings. The minimum absolute atomic E-state index is 0. The van der Waals surface area contributed by atoms with E-state index in [2.05, 4.69) is 47.5 Å². The lowest BCUT2D eigenvalue weighted by Crippen LogP contribution is -2.37. The van der Waals surface area contributed by atoms with Crippen molar-refractivity contribution < 1.29 is 4.74 Å². The van der Waals surface area contributed by atoms with Crippen molar-refractivity contribution in [3.05, 3.63) is 35.9 Å². The maximum absolute atomic E-state index is 5.35. The quantitative estimate of drug-likeness (QED) is 0.776. The van der Waals surface area contributed by atoms with Crippen molar-refractivity contribution in [2.75, 3.05) is 45.9 Å². The van der Waals surface area contributed by atoms with Gasteiger partial charge in [-0.05, 0) is 31.0 Å². The second kappa shape index (κ2) is 12.2. The van der Waals surface area contributed by atoms with Crippen LogP contribution < -0.4 is 5.32 Å². The molecule has 0 aliphatic carbocycles. The molecule has 1 atom stereocenters. The summed E-state index contributed by atoms with van der Waals surface area (Å²) in [5.74, 6) is 0.588. The van der Waals surface area contributed by atoms with Gasteiger partial charge in [-0.3, -0.25) is 4.90 Å². The molecular weight excluding hydrogens is 307 g/mol. The van der Waals surface area contributed by atoms with Crippen molar-refractivity contribution in [2.45, 2.75) is 19.3 Å². The van der Waals surface area contributed by atoms with Gasteiger partial charge in [-0.2, -0.15) is 0 Å². The van der Waals surface area contributed by atoms with Gasteiger partial charge in [-0.1, -0.05) is 37.3 Å². The lowest BCUT2D eigenvalue weighted by molar-refractivity contribution is 0.0374. The van der Waals surface area contributed by atoms with Crippen LogP contribution in [0.3, 0.4) is 0 Å². The van der Waals surface area contributed by atoms with E-state index in [0.717, 1.165) is 39.4 Å². The first-order valence-corrected chi connectivity index (χ1v) is 7.42. The first kappa shape index (κ1) is 20.7. The van der Waals surface area contributed by atoms with Gasteiger partial charge in [0.25, 0.3) is 0 Å². The van der Waals surface area contributed by atoms with Gasteiger partial charge in [-0.15, -0.1) is 24.8 Å². The highest BCUT2D eigenvalue weighted by molar-refractivity contribution is 5.85. The Balaban J connectivity index is 0.00000200. The zero-order valence-electron chi connectivity index (χ0n) is 12.8. The number of ether oxygens (including phenoxy) is 1. The van der Waals surface area contributed by atoms with Gasteiger partial charge in [0.1, 0.15) is 0 Å². The third-order valence-corrected chi connectivity index (χ3v) is 3.75. The van der Waals surface area contributed by atoms with Crippen LogP contribution in [0.2, 0.25) is 0 Å². The molecule has 2 rings (SSSR count). The summed E-state index contributed by atoms with van der Waals surface area (Å²) in [7, 11) is 0. The molecular formula is C16H28Cl2N2O. The van der Waals surface area contributed by atoms with E-state index in [9.17, 15) is 0 Å². The van der Waals surface area contributed by atoms with Crippen LogP contribution in [0.15, 0.2) is 30.3 Å². The van der Waals surface area contributed by atoms with Crippen molar-refractivity contribution in [3.8, 4) is 0 Å². The second-order valence-electron chi connectivity index (χ2n) is 5.32. The van der Waals surface area contributed by atoms with Crippen molar-refractivity contribution >= 4 is 24.8 Å². The highest BCUT2D eigenvalue weighted by Gasteiger charge is 2.09. The fraction of sp³-hybridized carbons (Fsp3) is 0.625. The lowest BCUT2D eigenvalue weighted by atomic mass is 10.0. The fourth-order valence-corrected chi connectivity index (χ4v) is 2.47. The van der Waals surface area contributed by atoms with Crippen molar-refractivity contribution in [1.82, 2.24) is 10.2 Å². The largest absolute Gasteiger partial charge is 0.379 e. The van der Waals surface area contributed by atoms with E-state index in [-0.39, 0.29) is 24.8 Å². The zero-order valence-corrected chi connectivity index (χ0v) is 14.4. The molecule has 1 unspecified atom stereocenters. The Kier molecular flexibility index (Phi) is 12.1. The Morgan fingerprint density at radius 1 is 1.14 bits per heavy atom. The van der Waals surface area contributed by atoms with Crippen molar-refractivity contribution in [3.63, 3.8) is 0 Å². The van der Waals surface area contributed by atoms with E-state index in [1.54, 1.807) is 0 Å². The molecule has 0 spiro atoms. The summed E-state index contributed by atoms with van der Waals surface area (Å²) in [6, 6.07) is 10.7. The van der Waals surface area contributed by atoms with Gasteiger partial charge in [0.05, 0.1) is 13.2 Å². The van der Waals surface area contributed by atoms with Gasteiger partial charge in [0, 0.05) is 19.6 Å². The number of nitrogens with zero attached hydrogens (tertiary/aromatic N) is 1. The molecule has 122 valence electrons. The van der Waals surface area contributed by atoms with E-state index < -0.39 is 0 Å². The molecule has 1 heterocycles. The fourth-order valence-electron chi connectivity index (χ4n) is 2.47. The molecule has 3 nitrogen and oxygen atoms in total. The van der Waals surface area contributed by atoms with Crippen LogP contribution in [0.25, 0.3) is 0 Å². The van der Waals surface area contributed by atoms with Crippen LogP contribution in [0.4, 0.5) is 0 Å². The Morgan fingerprint density at radius 2 is 1.81 bits per heavy atom. The number of hydrogen-bond acceptors (Lipinski definition) is 3. The number of halogens is 2. The van der Waals surface area contributed by atoms with Gasteiger partial charge in [0.15, 0.2) is 0 Å². The predicted molar refractivity (Wildman–Crippen MR) is 94.1 cm³/mol. The topological polar surface area (TPSA) is 24.5 Å². The predicted octanol–water partition coefficient (Wildman–Crippen LogP) is 2.95. The van der Waals surface area contributed by atoms with Crippen LogP contribution >= 0.6 is 24.8 Å². The molecule has 1 fully saturated rings. The van der Waals surface area contributed by atoms with E-state index in [4.69, 9.17) is 4.74 Å². The number of rotatable bonds is 7. The van der Waals surface area contributed by atoms with Gasteiger partial charge in [-0.25, -0.2) is 0 Å². The molecule has 1 aliphatic heterocycles. The molecule has 5 heteroatoms. The number of morpholine rings is 1. The number of hydrogen-bond donors (Lipinski definition) is 1. The smallest absolute Gasteiger partial charge is 0.0594 e. The normalized spacial score (nSPS) is 16.6. The molecule has 0 amide bonds. The van der Waals surface area contributed by atoms with Gasteiger partial charge < -0.3 is 10.1 Å². The average molecular weight is 335 g/mol. The summed E-state index contributed by atoms with van der Waals surface area (Å²) in [5, 5.41) is 3.57. The van der Waals surface area contributed by atoms with Crippen LogP contribution in [-0.2, 0) is 4.74 Å². The molecule has 1 N–H and O–H groups in total. The Hall–Kier alpha value is -0.320. The maximum Gasteiger partial charge on any atom is 0.0594 e. The second-order valence-corrected chi connectivity index (χ2v) is 5.32. The van der Waals surface area contributed by atoms with E-state index in [1.165, 1.54) is 18.5 Å². The average Bonchev–Trinajstić information content (AvgIpc) is 2.49. The first-order valence-electron chi connectivity index (χ1n) is 7.42.